The maximum atomic E-state index is 11.9. The lowest BCUT2D eigenvalue weighted by atomic mass is 10.3. The van der Waals surface area contributed by atoms with Crippen LogP contribution < -0.4 is 5.32 Å². The lowest BCUT2D eigenvalue weighted by molar-refractivity contribution is -0.133. The van der Waals surface area contributed by atoms with Gasteiger partial charge in [0.15, 0.2) is 0 Å². The van der Waals surface area contributed by atoms with Crippen LogP contribution in [0.5, 0.6) is 0 Å². The van der Waals surface area contributed by atoms with Crippen molar-refractivity contribution in [3.63, 3.8) is 0 Å². The molecule has 4 nitrogen and oxygen atoms in total. The van der Waals surface area contributed by atoms with E-state index >= 15 is 0 Å². The summed E-state index contributed by atoms with van der Waals surface area (Å²) < 4.78 is 5.07. The Bertz CT molecular complexity index is 217. The molecule has 0 aliphatic heterocycles. The molecule has 0 aromatic heterocycles. The van der Waals surface area contributed by atoms with Crippen molar-refractivity contribution in [2.24, 2.45) is 5.92 Å². The molecule has 0 aromatic rings. The second-order valence-corrected chi connectivity index (χ2v) is 4.56. The van der Waals surface area contributed by atoms with E-state index in [2.05, 4.69) is 5.32 Å². The van der Waals surface area contributed by atoms with E-state index in [0.29, 0.717) is 13.2 Å². The van der Waals surface area contributed by atoms with Gasteiger partial charge in [-0.2, -0.15) is 0 Å². The Morgan fingerprint density at radius 3 is 2.75 bits per heavy atom. The van der Waals surface area contributed by atoms with Crippen LogP contribution in [0.2, 0.25) is 0 Å². The topological polar surface area (TPSA) is 41.6 Å². The van der Waals surface area contributed by atoms with Gasteiger partial charge in [-0.25, -0.2) is 0 Å². The van der Waals surface area contributed by atoms with Crippen molar-refractivity contribution in [2.75, 3.05) is 33.4 Å². The summed E-state index contributed by atoms with van der Waals surface area (Å²) in [4.78, 5) is 13.8. The van der Waals surface area contributed by atoms with Gasteiger partial charge in [0.1, 0.15) is 0 Å². The number of nitrogens with one attached hydrogen (secondary N) is 1. The van der Waals surface area contributed by atoms with E-state index in [1.807, 2.05) is 18.7 Å². The van der Waals surface area contributed by atoms with Crippen molar-refractivity contribution in [3.8, 4) is 0 Å². The van der Waals surface area contributed by atoms with Crippen molar-refractivity contribution in [1.29, 1.82) is 0 Å². The van der Waals surface area contributed by atoms with E-state index in [1.54, 1.807) is 7.11 Å². The Morgan fingerprint density at radius 2 is 2.25 bits per heavy atom. The number of nitrogens with zero attached hydrogens (tertiary/aromatic N) is 1. The van der Waals surface area contributed by atoms with Crippen LogP contribution in [0.15, 0.2) is 0 Å². The van der Waals surface area contributed by atoms with Gasteiger partial charge in [-0.1, -0.05) is 0 Å². The zero-order valence-corrected chi connectivity index (χ0v) is 10.7. The highest BCUT2D eigenvalue weighted by atomic mass is 16.5. The third-order valence-electron chi connectivity index (χ3n) is 3.01. The monoisotopic (exact) mass is 228 g/mol. The van der Waals surface area contributed by atoms with E-state index in [-0.39, 0.29) is 11.9 Å². The van der Waals surface area contributed by atoms with Gasteiger partial charge in [-0.3, -0.25) is 4.79 Å². The fourth-order valence-electron chi connectivity index (χ4n) is 1.87. The molecule has 1 rings (SSSR count). The SMILES string of the molecule is CCN(C(=O)CNCC1CC1)C(C)COC. The largest absolute Gasteiger partial charge is 0.383 e. The number of hydrogen-bond donors (Lipinski definition) is 1. The summed E-state index contributed by atoms with van der Waals surface area (Å²) in [6, 6.07) is 0.158. The molecule has 94 valence electrons. The van der Waals surface area contributed by atoms with Crippen LogP contribution >= 0.6 is 0 Å². The van der Waals surface area contributed by atoms with Gasteiger partial charge in [0.2, 0.25) is 5.91 Å². The molecule has 1 aliphatic rings. The van der Waals surface area contributed by atoms with Crippen LogP contribution in [-0.2, 0) is 9.53 Å². The van der Waals surface area contributed by atoms with Crippen molar-refractivity contribution < 1.29 is 9.53 Å². The number of carbonyl (C=O) groups is 1. The summed E-state index contributed by atoms with van der Waals surface area (Å²) in [6.45, 7) is 6.81. The molecule has 0 radical (unpaired) electrons. The second-order valence-electron chi connectivity index (χ2n) is 4.56. The van der Waals surface area contributed by atoms with Crippen LogP contribution in [0.1, 0.15) is 26.7 Å². The normalized spacial score (nSPS) is 17.2. The molecule has 0 heterocycles. The third-order valence-corrected chi connectivity index (χ3v) is 3.01. The molecule has 1 unspecified atom stereocenters. The summed E-state index contributed by atoms with van der Waals surface area (Å²) >= 11 is 0. The summed E-state index contributed by atoms with van der Waals surface area (Å²) in [5, 5.41) is 3.23. The molecule has 1 N–H and O–H groups in total. The number of ether oxygens (including phenoxy) is 1. The maximum Gasteiger partial charge on any atom is 0.236 e. The quantitative estimate of drug-likeness (QED) is 0.670. The predicted molar refractivity (Wildman–Crippen MR) is 64.3 cm³/mol. The average Bonchev–Trinajstić information content (AvgIpc) is 3.03. The highest BCUT2D eigenvalue weighted by Gasteiger charge is 2.22. The van der Waals surface area contributed by atoms with E-state index in [0.717, 1.165) is 19.0 Å². The standard InChI is InChI=1S/C12H24N2O2/c1-4-14(10(2)9-16-3)12(15)8-13-7-11-5-6-11/h10-11,13H,4-9H2,1-3H3. The second kappa shape index (κ2) is 6.86. The summed E-state index contributed by atoms with van der Waals surface area (Å²) in [6.07, 6.45) is 2.64. The summed E-state index contributed by atoms with van der Waals surface area (Å²) in [5.41, 5.74) is 0. The number of hydrogen-bond acceptors (Lipinski definition) is 3. The first-order valence-electron chi connectivity index (χ1n) is 6.18. The molecule has 0 saturated heterocycles. The predicted octanol–water partition coefficient (Wildman–Crippen LogP) is 0.869. The van der Waals surface area contributed by atoms with E-state index < -0.39 is 0 Å². The lowest BCUT2D eigenvalue weighted by Gasteiger charge is -2.27. The van der Waals surface area contributed by atoms with Gasteiger partial charge in [-0.15, -0.1) is 0 Å². The van der Waals surface area contributed by atoms with Crippen LogP contribution in [0, 0.1) is 5.92 Å². The van der Waals surface area contributed by atoms with Crippen LogP contribution in [0.3, 0.4) is 0 Å². The fraction of sp³-hybridized carbons (Fsp3) is 0.917. The van der Waals surface area contributed by atoms with Gasteiger partial charge >= 0.3 is 0 Å². The van der Waals surface area contributed by atoms with Gasteiger partial charge in [-0.05, 0) is 39.2 Å². The minimum absolute atomic E-state index is 0.158. The molecule has 1 aliphatic carbocycles. The van der Waals surface area contributed by atoms with Gasteiger partial charge in [0.05, 0.1) is 19.2 Å². The number of carbonyl (C=O) groups excluding carboxylic acids is 1. The first kappa shape index (κ1) is 13.5. The maximum absolute atomic E-state index is 11.9. The van der Waals surface area contributed by atoms with Crippen molar-refractivity contribution in [3.05, 3.63) is 0 Å². The molecule has 0 spiro atoms. The number of likely N-dealkylation sites (N-methyl/N-ethyl adjacent to an activating group) is 1. The molecule has 1 amide bonds. The fourth-order valence-corrected chi connectivity index (χ4v) is 1.87. The number of methoxy groups -OCH3 is 1. The van der Waals surface area contributed by atoms with Crippen LogP contribution in [0.4, 0.5) is 0 Å². The zero-order chi connectivity index (χ0) is 12.0. The van der Waals surface area contributed by atoms with E-state index in [9.17, 15) is 4.79 Å². The Morgan fingerprint density at radius 1 is 1.56 bits per heavy atom. The number of rotatable bonds is 8. The minimum atomic E-state index is 0.158. The van der Waals surface area contributed by atoms with E-state index in [1.165, 1.54) is 12.8 Å². The van der Waals surface area contributed by atoms with Crippen LogP contribution in [-0.4, -0.2) is 50.2 Å². The van der Waals surface area contributed by atoms with Gasteiger partial charge < -0.3 is 15.0 Å². The molecular formula is C12H24N2O2. The lowest BCUT2D eigenvalue weighted by Crippen LogP contribution is -2.45. The first-order valence-corrected chi connectivity index (χ1v) is 6.18. The summed E-state index contributed by atoms with van der Waals surface area (Å²) in [7, 11) is 1.67. The Labute approximate surface area is 98.3 Å². The minimum Gasteiger partial charge on any atom is -0.383 e. The summed E-state index contributed by atoms with van der Waals surface area (Å²) in [5.74, 6) is 0.993. The first-order chi connectivity index (χ1) is 7.69. The van der Waals surface area contributed by atoms with Crippen molar-refractivity contribution in [2.45, 2.75) is 32.7 Å². The molecule has 16 heavy (non-hydrogen) atoms. The highest BCUT2D eigenvalue weighted by molar-refractivity contribution is 5.78. The molecule has 4 heteroatoms. The van der Waals surface area contributed by atoms with Crippen molar-refractivity contribution in [1.82, 2.24) is 10.2 Å². The van der Waals surface area contributed by atoms with Crippen LogP contribution in [0.25, 0.3) is 0 Å². The zero-order valence-electron chi connectivity index (χ0n) is 10.7. The molecule has 1 saturated carbocycles. The smallest absolute Gasteiger partial charge is 0.236 e. The third kappa shape index (κ3) is 4.49. The molecule has 1 atom stereocenters. The van der Waals surface area contributed by atoms with E-state index in [4.69, 9.17) is 4.74 Å². The average molecular weight is 228 g/mol. The molecule has 0 aromatic carbocycles. The number of amides is 1. The molecule has 1 fully saturated rings. The molecular weight excluding hydrogens is 204 g/mol. The van der Waals surface area contributed by atoms with Crippen molar-refractivity contribution >= 4 is 5.91 Å². The molecule has 0 bridgehead atoms. The Kier molecular flexibility index (Phi) is 5.77. The van der Waals surface area contributed by atoms with Gasteiger partial charge in [0, 0.05) is 13.7 Å². The Hall–Kier alpha value is -0.610. The Balaban J connectivity index is 2.23. The van der Waals surface area contributed by atoms with Gasteiger partial charge in [0.25, 0.3) is 0 Å². The highest BCUT2D eigenvalue weighted by Crippen LogP contribution is 2.27.